The van der Waals surface area contributed by atoms with Crippen molar-refractivity contribution in [3.8, 4) is 11.3 Å². The van der Waals surface area contributed by atoms with Crippen molar-refractivity contribution in [1.29, 1.82) is 0 Å². The molecular formula is C12H14N2S2. The minimum Gasteiger partial charge on any atom is -0.337 e. The van der Waals surface area contributed by atoms with Gasteiger partial charge in [0.15, 0.2) is 3.95 Å². The van der Waals surface area contributed by atoms with E-state index in [0.29, 0.717) is 0 Å². The van der Waals surface area contributed by atoms with Crippen LogP contribution in [0.3, 0.4) is 0 Å². The Morgan fingerprint density at radius 2 is 2.06 bits per heavy atom. The van der Waals surface area contributed by atoms with E-state index < -0.39 is 0 Å². The first-order valence-electron chi connectivity index (χ1n) is 5.21. The quantitative estimate of drug-likeness (QED) is 0.815. The Labute approximate surface area is 104 Å². The number of aromatic amines is 1. The van der Waals surface area contributed by atoms with Gasteiger partial charge in [0.05, 0.1) is 5.69 Å². The Hall–Kier alpha value is -0.970. The maximum Gasteiger partial charge on any atom is 0.158 e. The first-order chi connectivity index (χ1) is 7.79. The van der Waals surface area contributed by atoms with Gasteiger partial charge in [-0.15, -0.1) is 11.3 Å². The number of H-pyrrole nitrogens is 1. The summed E-state index contributed by atoms with van der Waals surface area (Å²) in [6, 6.07) is 8.61. The second-order valence-corrected chi connectivity index (χ2v) is 5.16. The third-order valence-corrected chi connectivity index (χ3v) is 3.51. The number of benzene rings is 1. The normalized spacial score (nSPS) is 10.6. The number of thiazole rings is 1. The Bertz CT molecular complexity index is 496. The van der Waals surface area contributed by atoms with Crippen molar-refractivity contribution in [3.05, 3.63) is 39.2 Å². The van der Waals surface area contributed by atoms with E-state index >= 15 is 0 Å². The summed E-state index contributed by atoms with van der Waals surface area (Å²) in [7, 11) is 1.97. The van der Waals surface area contributed by atoms with E-state index in [1.807, 2.05) is 7.05 Å². The Kier molecular flexibility index (Phi) is 3.88. The first kappa shape index (κ1) is 11.5. The molecule has 0 spiro atoms. The highest BCUT2D eigenvalue weighted by atomic mass is 32.1. The molecule has 0 aliphatic rings. The van der Waals surface area contributed by atoms with Crippen LogP contribution < -0.4 is 5.32 Å². The van der Waals surface area contributed by atoms with E-state index in [1.54, 1.807) is 11.3 Å². The average Bonchev–Trinajstić information content (AvgIpc) is 2.74. The lowest BCUT2D eigenvalue weighted by atomic mass is 10.1. The van der Waals surface area contributed by atoms with Gasteiger partial charge in [-0.25, -0.2) is 0 Å². The zero-order chi connectivity index (χ0) is 11.4. The number of nitrogens with one attached hydrogen (secondary N) is 2. The van der Waals surface area contributed by atoms with Crippen molar-refractivity contribution in [1.82, 2.24) is 10.3 Å². The number of aromatic nitrogens is 1. The van der Waals surface area contributed by atoms with Crippen LogP contribution in [0, 0.1) is 3.95 Å². The molecule has 0 fully saturated rings. The van der Waals surface area contributed by atoms with Crippen molar-refractivity contribution >= 4 is 23.6 Å². The van der Waals surface area contributed by atoms with Crippen LogP contribution >= 0.6 is 23.6 Å². The van der Waals surface area contributed by atoms with Crippen LogP contribution in [0.5, 0.6) is 0 Å². The summed E-state index contributed by atoms with van der Waals surface area (Å²) in [5, 5.41) is 5.21. The average molecular weight is 250 g/mol. The number of hydrogen-bond donors (Lipinski definition) is 2. The van der Waals surface area contributed by atoms with Crippen LogP contribution in [-0.4, -0.2) is 18.6 Å². The molecule has 1 aromatic heterocycles. The molecule has 0 radical (unpaired) electrons. The molecule has 0 saturated heterocycles. The van der Waals surface area contributed by atoms with Gasteiger partial charge in [0.1, 0.15) is 0 Å². The molecule has 2 nitrogen and oxygen atoms in total. The number of likely N-dealkylation sites (N-methyl/N-ethyl adjacent to an activating group) is 1. The topological polar surface area (TPSA) is 27.8 Å². The van der Waals surface area contributed by atoms with Crippen molar-refractivity contribution in [3.63, 3.8) is 0 Å². The Morgan fingerprint density at radius 3 is 2.62 bits per heavy atom. The van der Waals surface area contributed by atoms with Gasteiger partial charge in [-0.1, -0.05) is 24.3 Å². The second kappa shape index (κ2) is 5.39. The van der Waals surface area contributed by atoms with Crippen molar-refractivity contribution in [2.75, 3.05) is 13.6 Å². The molecule has 0 amide bonds. The summed E-state index contributed by atoms with van der Waals surface area (Å²) in [5.74, 6) is 0. The smallest absolute Gasteiger partial charge is 0.158 e. The largest absolute Gasteiger partial charge is 0.337 e. The number of hydrogen-bond acceptors (Lipinski definition) is 3. The van der Waals surface area contributed by atoms with Gasteiger partial charge < -0.3 is 10.3 Å². The zero-order valence-electron chi connectivity index (χ0n) is 9.12. The van der Waals surface area contributed by atoms with Gasteiger partial charge in [-0.3, -0.25) is 0 Å². The molecule has 2 rings (SSSR count). The fourth-order valence-electron chi connectivity index (χ4n) is 1.54. The van der Waals surface area contributed by atoms with E-state index in [4.69, 9.17) is 12.2 Å². The Morgan fingerprint density at radius 1 is 1.31 bits per heavy atom. The molecule has 1 aromatic carbocycles. The van der Waals surface area contributed by atoms with Crippen LogP contribution in [0.25, 0.3) is 11.3 Å². The molecule has 0 atom stereocenters. The van der Waals surface area contributed by atoms with Crippen LogP contribution in [0.4, 0.5) is 0 Å². The lowest BCUT2D eigenvalue weighted by Gasteiger charge is -2.02. The first-order valence-corrected chi connectivity index (χ1v) is 6.50. The van der Waals surface area contributed by atoms with Gasteiger partial charge in [-0.05, 0) is 43.4 Å². The predicted molar refractivity (Wildman–Crippen MR) is 72.6 cm³/mol. The van der Waals surface area contributed by atoms with Gasteiger partial charge in [0.25, 0.3) is 0 Å². The fraction of sp³-hybridized carbons (Fsp3) is 0.250. The standard InChI is InChI=1S/C12H14N2S2/c1-13-7-6-9-2-4-10(5-3-9)11-8-16-12(15)14-11/h2-5,8,13H,6-7H2,1H3,(H,14,15). The maximum atomic E-state index is 5.07. The summed E-state index contributed by atoms with van der Waals surface area (Å²) in [5.41, 5.74) is 3.66. The monoisotopic (exact) mass is 250 g/mol. The predicted octanol–water partition coefficient (Wildman–Crippen LogP) is 3.23. The highest BCUT2D eigenvalue weighted by molar-refractivity contribution is 7.73. The van der Waals surface area contributed by atoms with Gasteiger partial charge >= 0.3 is 0 Å². The van der Waals surface area contributed by atoms with E-state index in [9.17, 15) is 0 Å². The molecule has 0 saturated carbocycles. The maximum absolute atomic E-state index is 5.07. The molecule has 2 aromatic rings. The molecule has 2 N–H and O–H groups in total. The van der Waals surface area contributed by atoms with Crippen molar-refractivity contribution < 1.29 is 0 Å². The van der Waals surface area contributed by atoms with Crippen LogP contribution in [-0.2, 0) is 6.42 Å². The molecule has 84 valence electrons. The minimum absolute atomic E-state index is 0.828. The highest BCUT2D eigenvalue weighted by Gasteiger charge is 1.99. The van der Waals surface area contributed by atoms with E-state index in [0.717, 1.165) is 22.6 Å². The molecular weight excluding hydrogens is 236 g/mol. The van der Waals surface area contributed by atoms with Crippen LogP contribution in [0.2, 0.25) is 0 Å². The summed E-state index contributed by atoms with van der Waals surface area (Å²) >= 11 is 6.64. The van der Waals surface area contributed by atoms with E-state index in [-0.39, 0.29) is 0 Å². The minimum atomic E-state index is 0.828. The summed E-state index contributed by atoms with van der Waals surface area (Å²) in [6.45, 7) is 1.01. The van der Waals surface area contributed by atoms with Gasteiger partial charge in [-0.2, -0.15) is 0 Å². The van der Waals surface area contributed by atoms with Gasteiger partial charge in [0.2, 0.25) is 0 Å². The molecule has 4 heteroatoms. The summed E-state index contributed by atoms with van der Waals surface area (Å²) in [6.07, 6.45) is 1.07. The van der Waals surface area contributed by atoms with E-state index in [1.165, 1.54) is 11.1 Å². The third kappa shape index (κ3) is 2.78. The third-order valence-electron chi connectivity index (χ3n) is 2.45. The van der Waals surface area contributed by atoms with E-state index in [2.05, 4.69) is 39.9 Å². The molecule has 0 aliphatic carbocycles. The molecule has 1 heterocycles. The van der Waals surface area contributed by atoms with Crippen molar-refractivity contribution in [2.24, 2.45) is 0 Å². The molecule has 0 bridgehead atoms. The number of rotatable bonds is 4. The van der Waals surface area contributed by atoms with Gasteiger partial charge in [0, 0.05) is 5.38 Å². The second-order valence-electron chi connectivity index (χ2n) is 3.61. The zero-order valence-corrected chi connectivity index (χ0v) is 10.8. The van der Waals surface area contributed by atoms with Crippen molar-refractivity contribution in [2.45, 2.75) is 6.42 Å². The fourth-order valence-corrected chi connectivity index (χ4v) is 2.38. The van der Waals surface area contributed by atoms with Crippen LogP contribution in [0.15, 0.2) is 29.6 Å². The molecule has 0 unspecified atom stereocenters. The Balaban J connectivity index is 2.16. The lowest BCUT2D eigenvalue weighted by Crippen LogP contribution is -2.10. The highest BCUT2D eigenvalue weighted by Crippen LogP contribution is 2.20. The molecule has 16 heavy (non-hydrogen) atoms. The summed E-state index contributed by atoms with van der Waals surface area (Å²) < 4.78 is 0.828. The summed E-state index contributed by atoms with van der Waals surface area (Å²) in [4.78, 5) is 3.18. The SMILES string of the molecule is CNCCc1ccc(-c2csc(=S)[nH]2)cc1. The molecule has 0 aliphatic heterocycles. The van der Waals surface area contributed by atoms with Crippen LogP contribution in [0.1, 0.15) is 5.56 Å². The lowest BCUT2D eigenvalue weighted by molar-refractivity contribution is 0.792.